The first-order valence-corrected chi connectivity index (χ1v) is 9.74. The van der Waals surface area contributed by atoms with Crippen molar-refractivity contribution in [3.63, 3.8) is 0 Å². The average molecular weight is 383 g/mol. The molecule has 1 heterocycles. The van der Waals surface area contributed by atoms with Crippen LogP contribution in [0.1, 0.15) is 29.8 Å². The topological polar surface area (TPSA) is 76.8 Å². The zero-order valence-electron chi connectivity index (χ0n) is 16.6. The number of rotatable bonds is 7. The Bertz CT molecular complexity index is 752. The highest BCUT2D eigenvalue weighted by Gasteiger charge is 2.22. The molecule has 2 aromatic rings. The molecule has 0 bridgehead atoms. The minimum Gasteiger partial charge on any atom is -0.492 e. The highest BCUT2D eigenvalue weighted by Crippen LogP contribution is 2.18. The first kappa shape index (κ1) is 20.3. The smallest absolute Gasteiger partial charge is 0.255 e. The number of amides is 1. The van der Waals surface area contributed by atoms with Crippen LogP contribution in [0.2, 0.25) is 0 Å². The van der Waals surface area contributed by atoms with E-state index in [0.29, 0.717) is 18.7 Å². The summed E-state index contributed by atoms with van der Waals surface area (Å²) in [6.45, 7) is 7.87. The standard InChI is InChI=1S/C22H29N3O3/c1-16-13-25(14-17(2)28-16)15-18-3-5-19(6-4-18)22(26)24-20-7-9-21(10-8-20)27-12-11-23/h3-10,16-17H,11-15,23H2,1-2H3,(H,24,26). The maximum atomic E-state index is 12.5. The van der Waals surface area contributed by atoms with Crippen LogP contribution in [-0.2, 0) is 11.3 Å². The van der Waals surface area contributed by atoms with Gasteiger partial charge in [0.05, 0.1) is 12.2 Å². The molecule has 28 heavy (non-hydrogen) atoms. The highest BCUT2D eigenvalue weighted by molar-refractivity contribution is 6.04. The number of nitrogens with zero attached hydrogens (tertiary/aromatic N) is 1. The van der Waals surface area contributed by atoms with E-state index < -0.39 is 0 Å². The number of hydrogen-bond acceptors (Lipinski definition) is 5. The zero-order chi connectivity index (χ0) is 19.9. The van der Waals surface area contributed by atoms with Crippen LogP contribution in [-0.4, -0.2) is 49.3 Å². The Hall–Kier alpha value is -2.41. The van der Waals surface area contributed by atoms with Crippen molar-refractivity contribution < 1.29 is 14.3 Å². The third kappa shape index (κ3) is 5.79. The van der Waals surface area contributed by atoms with Crippen LogP contribution in [0.15, 0.2) is 48.5 Å². The monoisotopic (exact) mass is 383 g/mol. The first-order chi connectivity index (χ1) is 13.5. The minimum absolute atomic E-state index is 0.129. The van der Waals surface area contributed by atoms with Gasteiger partial charge in [-0.1, -0.05) is 12.1 Å². The molecule has 0 radical (unpaired) electrons. The number of hydrogen-bond donors (Lipinski definition) is 2. The molecule has 3 N–H and O–H groups in total. The van der Waals surface area contributed by atoms with E-state index in [0.717, 1.165) is 31.1 Å². The van der Waals surface area contributed by atoms with Crippen molar-refractivity contribution in [1.82, 2.24) is 4.90 Å². The second-order valence-electron chi connectivity index (χ2n) is 7.26. The van der Waals surface area contributed by atoms with Crippen LogP contribution < -0.4 is 15.8 Å². The van der Waals surface area contributed by atoms with Crippen molar-refractivity contribution in [3.05, 3.63) is 59.7 Å². The number of ether oxygens (including phenoxy) is 2. The summed E-state index contributed by atoms with van der Waals surface area (Å²) < 4.78 is 11.2. The Balaban J connectivity index is 1.54. The minimum atomic E-state index is -0.129. The van der Waals surface area contributed by atoms with E-state index in [9.17, 15) is 4.79 Å². The molecule has 2 unspecified atom stereocenters. The summed E-state index contributed by atoms with van der Waals surface area (Å²) in [6.07, 6.45) is 0.502. The van der Waals surface area contributed by atoms with Gasteiger partial charge in [0.25, 0.3) is 5.91 Å². The van der Waals surface area contributed by atoms with Crippen molar-refractivity contribution >= 4 is 11.6 Å². The van der Waals surface area contributed by atoms with Gasteiger partial charge in [0.1, 0.15) is 12.4 Å². The van der Waals surface area contributed by atoms with E-state index in [1.54, 1.807) is 0 Å². The van der Waals surface area contributed by atoms with Gasteiger partial charge in [-0.05, 0) is 55.8 Å². The molecule has 0 saturated carbocycles. The Morgan fingerprint density at radius 1 is 1.11 bits per heavy atom. The average Bonchev–Trinajstić information content (AvgIpc) is 2.67. The van der Waals surface area contributed by atoms with Crippen molar-refractivity contribution in [3.8, 4) is 5.75 Å². The molecule has 1 saturated heterocycles. The summed E-state index contributed by atoms with van der Waals surface area (Å²) >= 11 is 0. The van der Waals surface area contributed by atoms with Gasteiger partial charge in [-0.25, -0.2) is 0 Å². The number of anilines is 1. The van der Waals surface area contributed by atoms with Crippen LogP contribution >= 0.6 is 0 Å². The van der Waals surface area contributed by atoms with Gasteiger partial charge in [0.15, 0.2) is 0 Å². The van der Waals surface area contributed by atoms with E-state index in [1.807, 2.05) is 48.5 Å². The summed E-state index contributed by atoms with van der Waals surface area (Å²) in [5.74, 6) is 0.607. The number of nitrogens with one attached hydrogen (secondary N) is 1. The van der Waals surface area contributed by atoms with Crippen LogP contribution in [0.4, 0.5) is 5.69 Å². The molecule has 0 aliphatic carbocycles. The van der Waals surface area contributed by atoms with E-state index >= 15 is 0 Å². The maximum absolute atomic E-state index is 12.5. The maximum Gasteiger partial charge on any atom is 0.255 e. The molecule has 3 rings (SSSR count). The number of carbonyl (C=O) groups is 1. The third-order valence-electron chi connectivity index (χ3n) is 4.62. The Kier molecular flexibility index (Phi) is 7.03. The number of morpholine rings is 1. The molecule has 2 atom stereocenters. The first-order valence-electron chi connectivity index (χ1n) is 9.74. The molecule has 150 valence electrons. The highest BCUT2D eigenvalue weighted by atomic mass is 16.5. The number of benzene rings is 2. The lowest BCUT2D eigenvalue weighted by Crippen LogP contribution is -2.44. The largest absolute Gasteiger partial charge is 0.492 e. The predicted molar refractivity (Wildman–Crippen MR) is 111 cm³/mol. The quantitative estimate of drug-likeness (QED) is 0.769. The fourth-order valence-electron chi connectivity index (χ4n) is 3.45. The molecule has 1 aliphatic heterocycles. The Labute approximate surface area is 166 Å². The molecule has 1 fully saturated rings. The van der Waals surface area contributed by atoms with Crippen LogP contribution in [0, 0.1) is 0 Å². The third-order valence-corrected chi connectivity index (χ3v) is 4.62. The van der Waals surface area contributed by atoms with E-state index in [1.165, 1.54) is 5.56 Å². The number of carbonyl (C=O) groups excluding carboxylic acids is 1. The molecule has 6 nitrogen and oxygen atoms in total. The molecular formula is C22H29N3O3. The van der Waals surface area contributed by atoms with E-state index in [-0.39, 0.29) is 18.1 Å². The van der Waals surface area contributed by atoms with Gasteiger partial charge in [-0.15, -0.1) is 0 Å². The SMILES string of the molecule is CC1CN(Cc2ccc(C(=O)Nc3ccc(OCCN)cc3)cc2)CC(C)O1. The fourth-order valence-corrected chi connectivity index (χ4v) is 3.45. The zero-order valence-corrected chi connectivity index (χ0v) is 16.6. The van der Waals surface area contributed by atoms with Gasteiger partial charge >= 0.3 is 0 Å². The van der Waals surface area contributed by atoms with E-state index in [2.05, 4.69) is 24.1 Å². The molecule has 1 amide bonds. The lowest BCUT2D eigenvalue weighted by molar-refractivity contribution is -0.0704. The van der Waals surface area contributed by atoms with E-state index in [4.69, 9.17) is 15.2 Å². The van der Waals surface area contributed by atoms with Gasteiger partial charge in [-0.2, -0.15) is 0 Å². The summed E-state index contributed by atoms with van der Waals surface area (Å²) in [6, 6.07) is 15.1. The van der Waals surface area contributed by atoms with Gasteiger partial charge in [0, 0.05) is 37.4 Å². The predicted octanol–water partition coefficient (Wildman–Crippen LogP) is 2.89. The summed E-state index contributed by atoms with van der Waals surface area (Å²) in [5.41, 5.74) is 7.98. The Morgan fingerprint density at radius 2 is 1.75 bits per heavy atom. The molecular weight excluding hydrogens is 354 g/mol. The van der Waals surface area contributed by atoms with Gasteiger partial charge in [0.2, 0.25) is 0 Å². The number of nitrogens with two attached hydrogens (primary N) is 1. The fraction of sp³-hybridized carbons (Fsp3) is 0.409. The summed E-state index contributed by atoms with van der Waals surface area (Å²) in [4.78, 5) is 14.9. The van der Waals surface area contributed by atoms with Crippen molar-refractivity contribution in [2.45, 2.75) is 32.6 Å². The van der Waals surface area contributed by atoms with Crippen LogP contribution in [0.3, 0.4) is 0 Å². The second kappa shape index (κ2) is 9.68. The van der Waals surface area contributed by atoms with Gasteiger partial charge in [-0.3, -0.25) is 9.69 Å². The van der Waals surface area contributed by atoms with Crippen LogP contribution in [0.5, 0.6) is 5.75 Å². The molecule has 1 aliphatic rings. The summed E-state index contributed by atoms with van der Waals surface area (Å²) in [5, 5.41) is 2.91. The lowest BCUT2D eigenvalue weighted by Gasteiger charge is -2.35. The van der Waals surface area contributed by atoms with Gasteiger partial charge < -0.3 is 20.5 Å². The van der Waals surface area contributed by atoms with Crippen molar-refractivity contribution in [2.75, 3.05) is 31.6 Å². The second-order valence-corrected chi connectivity index (χ2v) is 7.26. The van der Waals surface area contributed by atoms with Crippen molar-refractivity contribution in [1.29, 1.82) is 0 Å². The molecule has 6 heteroatoms. The lowest BCUT2D eigenvalue weighted by atomic mass is 10.1. The molecule has 0 aromatic heterocycles. The Morgan fingerprint density at radius 3 is 2.36 bits per heavy atom. The molecule has 2 aromatic carbocycles. The normalized spacial score (nSPS) is 20.0. The molecule has 0 spiro atoms. The van der Waals surface area contributed by atoms with Crippen molar-refractivity contribution in [2.24, 2.45) is 5.73 Å². The van der Waals surface area contributed by atoms with Crippen LogP contribution in [0.25, 0.3) is 0 Å². The summed E-state index contributed by atoms with van der Waals surface area (Å²) in [7, 11) is 0.